The monoisotopic (exact) mass is 427 g/mol. The third-order valence-electron chi connectivity index (χ3n) is 5.65. The summed E-state index contributed by atoms with van der Waals surface area (Å²) in [5.74, 6) is 0.179. The molecule has 0 N–H and O–H groups in total. The Kier molecular flexibility index (Phi) is 6.25. The van der Waals surface area contributed by atoms with Crippen molar-refractivity contribution in [3.8, 4) is 5.75 Å². The first kappa shape index (κ1) is 21.0. The van der Waals surface area contributed by atoms with Crippen molar-refractivity contribution in [1.29, 1.82) is 0 Å². The lowest BCUT2D eigenvalue weighted by Gasteiger charge is -2.36. The van der Waals surface area contributed by atoms with Gasteiger partial charge in [-0.15, -0.1) is 0 Å². The number of amides is 2. The van der Waals surface area contributed by atoms with Crippen LogP contribution in [0.15, 0.2) is 48.5 Å². The van der Waals surface area contributed by atoms with Gasteiger partial charge < -0.3 is 19.3 Å². The number of hydrogen-bond acceptors (Lipinski definition) is 5. The van der Waals surface area contributed by atoms with E-state index < -0.39 is 11.9 Å². The summed E-state index contributed by atoms with van der Waals surface area (Å²) in [4.78, 5) is 29.5. The molecule has 0 radical (unpaired) electrons. The van der Waals surface area contributed by atoms with Crippen LogP contribution in [0, 0.1) is 5.82 Å². The Labute approximate surface area is 180 Å². The summed E-state index contributed by atoms with van der Waals surface area (Å²) in [7, 11) is 0. The Morgan fingerprint density at radius 1 is 1.13 bits per heavy atom. The minimum Gasteiger partial charge on any atom is -0.484 e. The molecular formula is C23H26FN3O4. The van der Waals surface area contributed by atoms with Gasteiger partial charge in [0.15, 0.2) is 6.61 Å². The molecule has 2 aromatic rings. The van der Waals surface area contributed by atoms with E-state index >= 15 is 0 Å². The summed E-state index contributed by atoms with van der Waals surface area (Å²) in [6.45, 7) is 4.40. The molecule has 2 aromatic carbocycles. The third-order valence-corrected chi connectivity index (χ3v) is 5.65. The maximum Gasteiger partial charge on any atom is 0.414 e. The molecule has 0 aromatic heterocycles. The highest BCUT2D eigenvalue weighted by molar-refractivity contribution is 5.90. The first-order chi connectivity index (χ1) is 15.0. The summed E-state index contributed by atoms with van der Waals surface area (Å²) in [6.07, 6.45) is 0.123. The minimum atomic E-state index is -0.441. The van der Waals surface area contributed by atoms with Crippen LogP contribution >= 0.6 is 0 Å². The van der Waals surface area contributed by atoms with Crippen LogP contribution in [0.4, 0.5) is 20.6 Å². The second kappa shape index (κ2) is 9.24. The average Bonchev–Trinajstić information content (AvgIpc) is 3.19. The predicted octanol–water partition coefficient (Wildman–Crippen LogP) is 3.29. The summed E-state index contributed by atoms with van der Waals surface area (Å²) in [6, 6.07) is 14.0. The second-order valence-electron chi connectivity index (χ2n) is 7.63. The molecule has 0 spiro atoms. The number of halogens is 1. The first-order valence-electron chi connectivity index (χ1n) is 10.5. The van der Waals surface area contributed by atoms with E-state index in [1.54, 1.807) is 17.0 Å². The van der Waals surface area contributed by atoms with E-state index in [1.165, 1.54) is 11.0 Å². The Hall–Kier alpha value is -3.29. The predicted molar refractivity (Wildman–Crippen MR) is 115 cm³/mol. The molecule has 0 saturated carbocycles. The molecule has 4 rings (SSSR count). The first-order valence-corrected chi connectivity index (χ1v) is 10.5. The Morgan fingerprint density at radius 3 is 2.52 bits per heavy atom. The van der Waals surface area contributed by atoms with Crippen LogP contribution in [0.3, 0.4) is 0 Å². The van der Waals surface area contributed by atoms with E-state index in [9.17, 15) is 14.0 Å². The number of rotatable bonds is 6. The largest absolute Gasteiger partial charge is 0.484 e. The Balaban J connectivity index is 1.32. The highest BCUT2D eigenvalue weighted by Gasteiger charge is 2.32. The summed E-state index contributed by atoms with van der Waals surface area (Å²) < 4.78 is 25.6. The van der Waals surface area contributed by atoms with Gasteiger partial charge in [0.2, 0.25) is 0 Å². The number of hydrogen-bond donors (Lipinski definition) is 0. The molecule has 0 aliphatic carbocycles. The fraction of sp³-hybridized carbons (Fsp3) is 0.391. The average molecular weight is 427 g/mol. The van der Waals surface area contributed by atoms with Gasteiger partial charge in [-0.2, -0.15) is 0 Å². The number of nitrogens with zero attached hydrogens (tertiary/aromatic N) is 3. The van der Waals surface area contributed by atoms with Crippen molar-refractivity contribution in [1.82, 2.24) is 4.90 Å². The SMILES string of the molecule is CC[C@H]1CN(c2ccc(N3CCN(C(=O)COc4ccccc4)CC3)c(F)c2)C(=O)O1. The van der Waals surface area contributed by atoms with E-state index in [2.05, 4.69) is 0 Å². The maximum absolute atomic E-state index is 14.8. The highest BCUT2D eigenvalue weighted by Crippen LogP contribution is 2.29. The smallest absolute Gasteiger partial charge is 0.414 e. The van der Waals surface area contributed by atoms with Crippen LogP contribution in [0.25, 0.3) is 0 Å². The van der Waals surface area contributed by atoms with Gasteiger partial charge in [0.25, 0.3) is 5.91 Å². The minimum absolute atomic E-state index is 0.0161. The number of piperazine rings is 1. The standard InChI is InChI=1S/C23H26FN3O4/c1-2-18-15-27(23(29)31-18)17-8-9-21(20(24)14-17)25-10-12-26(13-11-25)22(28)16-30-19-6-4-3-5-7-19/h3-9,14,18H,2,10-13,15-16H2,1H3/t18-/m0/s1. The molecule has 0 bridgehead atoms. The van der Waals surface area contributed by atoms with Crippen molar-refractivity contribution in [2.45, 2.75) is 19.4 Å². The van der Waals surface area contributed by atoms with E-state index in [0.717, 1.165) is 6.42 Å². The number of cyclic esters (lactones) is 1. The van der Waals surface area contributed by atoms with E-state index in [-0.39, 0.29) is 18.6 Å². The van der Waals surface area contributed by atoms with Crippen LogP contribution in [0.5, 0.6) is 5.75 Å². The molecule has 0 unspecified atom stereocenters. The van der Waals surface area contributed by atoms with Crippen molar-refractivity contribution in [2.75, 3.05) is 49.1 Å². The second-order valence-corrected chi connectivity index (χ2v) is 7.63. The molecule has 2 saturated heterocycles. The molecule has 31 heavy (non-hydrogen) atoms. The number of ether oxygens (including phenoxy) is 2. The van der Waals surface area contributed by atoms with Gasteiger partial charge in [0, 0.05) is 26.2 Å². The van der Waals surface area contributed by atoms with Crippen molar-refractivity contribution in [3.05, 3.63) is 54.3 Å². The van der Waals surface area contributed by atoms with E-state index in [4.69, 9.17) is 9.47 Å². The summed E-state index contributed by atoms with van der Waals surface area (Å²) in [5.41, 5.74) is 0.963. The molecule has 1 atom stereocenters. The fourth-order valence-corrected chi connectivity index (χ4v) is 3.81. The lowest BCUT2D eigenvalue weighted by molar-refractivity contribution is -0.133. The molecule has 2 heterocycles. The van der Waals surface area contributed by atoms with Crippen molar-refractivity contribution >= 4 is 23.4 Å². The molecule has 2 fully saturated rings. The Bertz CT molecular complexity index is 932. The van der Waals surface area contributed by atoms with Gasteiger partial charge in [-0.3, -0.25) is 9.69 Å². The molecule has 2 amide bonds. The fourth-order valence-electron chi connectivity index (χ4n) is 3.81. The zero-order valence-corrected chi connectivity index (χ0v) is 17.5. The van der Waals surface area contributed by atoms with Gasteiger partial charge in [0.1, 0.15) is 17.7 Å². The van der Waals surface area contributed by atoms with Gasteiger partial charge in [0.05, 0.1) is 17.9 Å². The quantitative estimate of drug-likeness (QED) is 0.708. The van der Waals surface area contributed by atoms with Crippen molar-refractivity contribution in [3.63, 3.8) is 0 Å². The van der Waals surface area contributed by atoms with Crippen molar-refractivity contribution in [2.24, 2.45) is 0 Å². The van der Waals surface area contributed by atoms with Crippen LogP contribution in [0.2, 0.25) is 0 Å². The maximum atomic E-state index is 14.8. The molecule has 2 aliphatic heterocycles. The zero-order valence-electron chi connectivity index (χ0n) is 17.5. The Morgan fingerprint density at radius 2 is 1.87 bits per heavy atom. The van der Waals surface area contributed by atoms with Crippen LogP contribution in [-0.4, -0.2) is 62.3 Å². The zero-order chi connectivity index (χ0) is 21.8. The molecule has 2 aliphatic rings. The van der Waals surface area contributed by atoms with Crippen LogP contribution in [-0.2, 0) is 9.53 Å². The molecular weight excluding hydrogens is 401 g/mol. The van der Waals surface area contributed by atoms with Crippen LogP contribution in [0.1, 0.15) is 13.3 Å². The number of benzene rings is 2. The van der Waals surface area contributed by atoms with Crippen LogP contribution < -0.4 is 14.5 Å². The van der Waals surface area contributed by atoms with Gasteiger partial charge in [-0.25, -0.2) is 9.18 Å². The van der Waals surface area contributed by atoms with Crippen molar-refractivity contribution < 1.29 is 23.5 Å². The lowest BCUT2D eigenvalue weighted by Crippen LogP contribution is -2.50. The topological polar surface area (TPSA) is 62.3 Å². The number of anilines is 2. The van der Waals surface area contributed by atoms with Gasteiger partial charge >= 0.3 is 6.09 Å². The summed E-state index contributed by atoms with van der Waals surface area (Å²) >= 11 is 0. The number of carbonyl (C=O) groups is 2. The van der Waals surface area contributed by atoms with E-state index in [0.29, 0.717) is 49.8 Å². The highest BCUT2D eigenvalue weighted by atomic mass is 19.1. The molecule has 8 heteroatoms. The summed E-state index contributed by atoms with van der Waals surface area (Å²) in [5, 5.41) is 0. The molecule has 7 nitrogen and oxygen atoms in total. The lowest BCUT2D eigenvalue weighted by atomic mass is 10.2. The number of carbonyl (C=O) groups excluding carboxylic acids is 2. The third kappa shape index (κ3) is 4.73. The molecule has 164 valence electrons. The van der Waals surface area contributed by atoms with E-state index in [1.807, 2.05) is 42.2 Å². The normalized spacial score (nSPS) is 18.8. The number of para-hydroxylation sites is 1. The van der Waals surface area contributed by atoms with Gasteiger partial charge in [-0.1, -0.05) is 25.1 Å². The van der Waals surface area contributed by atoms with Gasteiger partial charge in [-0.05, 0) is 36.8 Å².